The van der Waals surface area contributed by atoms with E-state index in [9.17, 15) is 26.0 Å². The minimum Gasteiger partial charge on any atom is -0.335 e. The summed E-state index contributed by atoms with van der Waals surface area (Å²) in [4.78, 5) is 13.0. The number of carbonyl (C=O) groups excluding carboxylic acids is 1. The molecular weight excluding hydrogens is 605 g/mol. The summed E-state index contributed by atoms with van der Waals surface area (Å²) >= 11 is 6.05. The van der Waals surface area contributed by atoms with Gasteiger partial charge in [-0.1, -0.05) is 54.1 Å². The maximum absolute atomic E-state index is 13.2. The molecule has 1 atom stereocenters. The number of piperazine rings is 1. The van der Waals surface area contributed by atoms with Gasteiger partial charge < -0.3 is 5.32 Å². The van der Waals surface area contributed by atoms with Crippen LogP contribution < -0.4 is 5.32 Å². The fourth-order valence-electron chi connectivity index (χ4n) is 4.91. The van der Waals surface area contributed by atoms with Gasteiger partial charge in [-0.15, -0.1) is 0 Å². The minimum atomic E-state index is -3.87. The quantitative estimate of drug-likeness (QED) is 0.408. The first kappa shape index (κ1) is 30.1. The van der Waals surface area contributed by atoms with E-state index in [-0.39, 0.29) is 55.8 Å². The molecule has 0 unspecified atom stereocenters. The number of rotatable bonds is 8. The molecule has 1 saturated heterocycles. The Morgan fingerprint density at radius 2 is 1.50 bits per heavy atom. The molecule has 0 aromatic heterocycles. The molecule has 42 heavy (non-hydrogen) atoms. The lowest BCUT2D eigenvalue weighted by Gasteiger charge is -2.33. The molecule has 0 radical (unpaired) electrons. The molecule has 3 aromatic carbocycles. The average molecular weight is 634 g/mol. The molecule has 222 valence electrons. The number of hydrazone groups is 1. The van der Waals surface area contributed by atoms with Crippen LogP contribution in [0.1, 0.15) is 17.0 Å². The smallest absolute Gasteiger partial charge is 0.335 e. The van der Waals surface area contributed by atoms with Crippen molar-refractivity contribution in [3.8, 4) is 0 Å². The number of benzene rings is 3. The standard InChI is InChI=1S/C28H29ClFN5O5S2/c29-23-8-6-22(7-9-23)27-26(21-4-2-1-3-5-21)20-35(32-27)28(36)31-14-19-41(37,38)33-15-17-34(18-16-33)42(39,40)25-12-10-24(30)11-13-25/h1-13,26H,14-20H2,(H,31,36)/t26-/m0/s1. The fourth-order valence-corrected chi connectivity index (χ4v) is 7.79. The van der Waals surface area contributed by atoms with Crippen molar-refractivity contribution in [2.24, 2.45) is 5.10 Å². The van der Waals surface area contributed by atoms with Crippen LogP contribution in [0.25, 0.3) is 0 Å². The lowest BCUT2D eigenvalue weighted by atomic mass is 9.91. The Kier molecular flexibility index (Phi) is 8.94. The van der Waals surface area contributed by atoms with Crippen LogP contribution >= 0.6 is 11.6 Å². The zero-order chi connectivity index (χ0) is 29.9. The molecule has 5 rings (SSSR count). The molecule has 3 aromatic rings. The van der Waals surface area contributed by atoms with Gasteiger partial charge in [-0.25, -0.2) is 31.0 Å². The van der Waals surface area contributed by atoms with Gasteiger partial charge in [0, 0.05) is 43.7 Å². The second-order valence-corrected chi connectivity index (χ2v) is 14.3. The van der Waals surface area contributed by atoms with Crippen LogP contribution in [-0.4, -0.2) is 87.2 Å². The summed E-state index contributed by atoms with van der Waals surface area (Å²) in [7, 11) is -7.65. The first-order chi connectivity index (χ1) is 20.0. The van der Waals surface area contributed by atoms with E-state index < -0.39 is 31.9 Å². The van der Waals surface area contributed by atoms with E-state index in [1.807, 2.05) is 42.5 Å². The van der Waals surface area contributed by atoms with Crippen LogP contribution in [0.4, 0.5) is 9.18 Å². The molecule has 2 heterocycles. The second-order valence-electron chi connectivity index (χ2n) is 9.84. The van der Waals surface area contributed by atoms with Crippen molar-refractivity contribution in [3.63, 3.8) is 0 Å². The summed E-state index contributed by atoms with van der Waals surface area (Å²) in [5.41, 5.74) is 2.52. The first-order valence-corrected chi connectivity index (χ1v) is 16.7. The van der Waals surface area contributed by atoms with Gasteiger partial charge in [-0.3, -0.25) is 0 Å². The van der Waals surface area contributed by atoms with Gasteiger partial charge in [0.1, 0.15) is 5.82 Å². The number of amides is 2. The average Bonchev–Trinajstić information content (AvgIpc) is 3.44. The largest absolute Gasteiger partial charge is 0.337 e. The number of hydrogen-bond donors (Lipinski definition) is 1. The molecule has 1 N–H and O–H groups in total. The summed E-state index contributed by atoms with van der Waals surface area (Å²) in [5, 5.41) is 9.09. The van der Waals surface area contributed by atoms with Gasteiger partial charge in [-0.05, 0) is 47.5 Å². The van der Waals surface area contributed by atoms with E-state index in [0.717, 1.165) is 23.3 Å². The Balaban J connectivity index is 1.17. The van der Waals surface area contributed by atoms with E-state index >= 15 is 0 Å². The molecule has 2 aliphatic heterocycles. The van der Waals surface area contributed by atoms with Gasteiger partial charge in [0.15, 0.2) is 0 Å². The van der Waals surface area contributed by atoms with E-state index in [4.69, 9.17) is 11.6 Å². The van der Waals surface area contributed by atoms with E-state index in [2.05, 4.69) is 10.4 Å². The highest BCUT2D eigenvalue weighted by molar-refractivity contribution is 7.89. The van der Waals surface area contributed by atoms with Gasteiger partial charge in [0.05, 0.1) is 22.9 Å². The lowest BCUT2D eigenvalue weighted by molar-refractivity contribution is 0.204. The second kappa shape index (κ2) is 12.5. The number of nitrogens with one attached hydrogen (secondary N) is 1. The summed E-state index contributed by atoms with van der Waals surface area (Å²) in [5.74, 6) is -1.08. The first-order valence-electron chi connectivity index (χ1n) is 13.2. The minimum absolute atomic E-state index is 0.0314. The summed E-state index contributed by atoms with van der Waals surface area (Å²) in [6.45, 7) is -0.00442. The van der Waals surface area contributed by atoms with Crippen molar-refractivity contribution in [2.45, 2.75) is 10.8 Å². The molecule has 2 aliphatic rings. The van der Waals surface area contributed by atoms with Crippen molar-refractivity contribution in [3.05, 3.63) is 101 Å². The summed E-state index contributed by atoms with van der Waals surface area (Å²) in [6.07, 6.45) is 0. The Morgan fingerprint density at radius 3 is 2.14 bits per heavy atom. The number of halogens is 2. The van der Waals surface area contributed by atoms with E-state index in [1.165, 1.54) is 25.8 Å². The number of urea groups is 1. The maximum Gasteiger partial charge on any atom is 0.337 e. The van der Waals surface area contributed by atoms with Crippen LogP contribution in [0.5, 0.6) is 0 Å². The predicted molar refractivity (Wildman–Crippen MR) is 158 cm³/mol. The van der Waals surface area contributed by atoms with Gasteiger partial charge in [0.25, 0.3) is 0 Å². The summed E-state index contributed by atoms with van der Waals surface area (Å²) in [6, 6.07) is 20.8. The topological polar surface area (TPSA) is 119 Å². The molecule has 0 saturated carbocycles. The Hall–Kier alpha value is -3.36. The molecule has 14 heteroatoms. The Labute approximate surface area is 249 Å². The summed E-state index contributed by atoms with van der Waals surface area (Å²) < 4.78 is 67.2. The highest BCUT2D eigenvalue weighted by Crippen LogP contribution is 2.29. The number of carbonyl (C=O) groups is 1. The maximum atomic E-state index is 13.2. The highest BCUT2D eigenvalue weighted by Gasteiger charge is 2.34. The zero-order valence-corrected chi connectivity index (χ0v) is 24.8. The van der Waals surface area contributed by atoms with Gasteiger partial charge in [0.2, 0.25) is 20.0 Å². The monoisotopic (exact) mass is 633 g/mol. The van der Waals surface area contributed by atoms with Crippen LogP contribution in [0, 0.1) is 5.82 Å². The van der Waals surface area contributed by atoms with Crippen LogP contribution in [0.2, 0.25) is 5.02 Å². The van der Waals surface area contributed by atoms with Gasteiger partial charge in [-0.2, -0.15) is 13.7 Å². The Morgan fingerprint density at radius 1 is 0.881 bits per heavy atom. The van der Waals surface area contributed by atoms with Crippen molar-refractivity contribution in [1.82, 2.24) is 18.9 Å². The molecular formula is C28H29ClFN5O5S2. The molecule has 0 spiro atoms. The van der Waals surface area contributed by atoms with Crippen LogP contribution in [0.3, 0.4) is 0 Å². The zero-order valence-electron chi connectivity index (χ0n) is 22.4. The van der Waals surface area contributed by atoms with Crippen molar-refractivity contribution in [1.29, 1.82) is 0 Å². The van der Waals surface area contributed by atoms with Crippen molar-refractivity contribution >= 4 is 43.4 Å². The third-order valence-corrected chi connectivity index (χ3v) is 11.2. The number of sulfonamides is 2. The van der Waals surface area contributed by atoms with Crippen LogP contribution in [0.15, 0.2) is 88.9 Å². The third kappa shape index (κ3) is 6.65. The normalized spacial score (nSPS) is 18.6. The van der Waals surface area contributed by atoms with Crippen molar-refractivity contribution in [2.75, 3.05) is 45.0 Å². The lowest BCUT2D eigenvalue weighted by Crippen LogP contribution is -2.51. The molecule has 2 amide bonds. The number of hydrogen-bond acceptors (Lipinski definition) is 6. The molecule has 10 nitrogen and oxygen atoms in total. The van der Waals surface area contributed by atoms with E-state index in [0.29, 0.717) is 10.7 Å². The Bertz CT molecular complexity index is 1660. The highest BCUT2D eigenvalue weighted by atomic mass is 35.5. The molecule has 0 aliphatic carbocycles. The predicted octanol–water partition coefficient (Wildman–Crippen LogP) is 3.33. The SMILES string of the molecule is O=C(NCCS(=O)(=O)N1CCN(S(=O)(=O)c2ccc(F)cc2)CC1)N1C[C@@H](c2ccccc2)C(c2ccc(Cl)cc2)=N1. The fraction of sp³-hybridized carbons (Fsp3) is 0.286. The third-order valence-electron chi connectivity index (χ3n) is 7.17. The molecule has 1 fully saturated rings. The van der Waals surface area contributed by atoms with E-state index in [1.54, 1.807) is 12.1 Å². The van der Waals surface area contributed by atoms with Crippen molar-refractivity contribution < 1.29 is 26.0 Å². The molecule has 0 bridgehead atoms. The van der Waals surface area contributed by atoms with Gasteiger partial charge >= 0.3 is 6.03 Å². The van der Waals surface area contributed by atoms with Crippen LogP contribution in [-0.2, 0) is 20.0 Å². The number of nitrogens with zero attached hydrogens (tertiary/aromatic N) is 4.